The third kappa shape index (κ3) is 5.15. The van der Waals surface area contributed by atoms with Crippen molar-refractivity contribution in [1.29, 1.82) is 0 Å². The first-order valence-corrected chi connectivity index (χ1v) is 9.16. The molecular weight excluding hydrogens is 330 g/mol. The van der Waals surface area contributed by atoms with Crippen LogP contribution in [0, 0.1) is 0 Å². The van der Waals surface area contributed by atoms with Crippen molar-refractivity contribution in [1.82, 2.24) is 0 Å². The maximum atomic E-state index is 12.2. The topological polar surface area (TPSA) is 56.8 Å². The number of carbonyl (C=O) groups is 1. The summed E-state index contributed by atoms with van der Waals surface area (Å²) in [4.78, 5) is 12.2. The van der Waals surface area contributed by atoms with Gasteiger partial charge in [-0.15, -0.1) is 0 Å². The van der Waals surface area contributed by atoms with E-state index in [2.05, 4.69) is 12.2 Å². The monoisotopic (exact) mass is 355 g/mol. The van der Waals surface area contributed by atoms with E-state index in [0.717, 1.165) is 41.3 Å². The van der Waals surface area contributed by atoms with E-state index in [0.29, 0.717) is 32.7 Å². The van der Waals surface area contributed by atoms with E-state index < -0.39 is 0 Å². The average molecular weight is 355 g/mol. The van der Waals surface area contributed by atoms with E-state index in [4.69, 9.17) is 14.2 Å². The number of fused-ring (bicyclic) bond motifs is 1. The van der Waals surface area contributed by atoms with Crippen molar-refractivity contribution in [2.75, 3.05) is 25.1 Å². The standard InChI is InChI=1S/C21H25NO4/c1-2-11-24-18-6-3-5-17(15-18)22-21(23)10-8-16-7-9-19-20(14-16)26-13-4-12-25-19/h3,5-7,9,14-15H,2,4,8,10-13H2,1H3,(H,22,23). The van der Waals surface area contributed by atoms with E-state index in [1.54, 1.807) is 0 Å². The molecule has 1 heterocycles. The second kappa shape index (κ2) is 9.13. The molecule has 5 heteroatoms. The van der Waals surface area contributed by atoms with Crippen molar-refractivity contribution in [3.05, 3.63) is 48.0 Å². The highest BCUT2D eigenvalue weighted by atomic mass is 16.5. The Balaban J connectivity index is 1.53. The summed E-state index contributed by atoms with van der Waals surface area (Å²) >= 11 is 0. The summed E-state index contributed by atoms with van der Waals surface area (Å²) in [6.45, 7) is 4.07. The Hall–Kier alpha value is -2.69. The van der Waals surface area contributed by atoms with Crippen molar-refractivity contribution in [2.45, 2.75) is 32.6 Å². The Morgan fingerprint density at radius 1 is 1.12 bits per heavy atom. The predicted molar refractivity (Wildman–Crippen MR) is 101 cm³/mol. The summed E-state index contributed by atoms with van der Waals surface area (Å²) in [5.41, 5.74) is 1.81. The van der Waals surface area contributed by atoms with Crippen LogP contribution in [0.15, 0.2) is 42.5 Å². The van der Waals surface area contributed by atoms with Crippen LogP contribution in [-0.2, 0) is 11.2 Å². The minimum Gasteiger partial charge on any atom is -0.494 e. The summed E-state index contributed by atoms with van der Waals surface area (Å²) in [5, 5.41) is 2.93. The van der Waals surface area contributed by atoms with Gasteiger partial charge in [-0.2, -0.15) is 0 Å². The van der Waals surface area contributed by atoms with Crippen molar-refractivity contribution in [3.63, 3.8) is 0 Å². The van der Waals surface area contributed by atoms with Crippen LogP contribution in [0.1, 0.15) is 31.7 Å². The molecule has 26 heavy (non-hydrogen) atoms. The molecule has 0 saturated carbocycles. The summed E-state index contributed by atoms with van der Waals surface area (Å²) in [6.07, 6.45) is 2.88. The van der Waals surface area contributed by atoms with Crippen LogP contribution in [0.5, 0.6) is 17.2 Å². The third-order valence-electron chi connectivity index (χ3n) is 4.04. The Morgan fingerprint density at radius 2 is 1.96 bits per heavy atom. The van der Waals surface area contributed by atoms with Crippen molar-refractivity contribution in [3.8, 4) is 17.2 Å². The number of hydrogen-bond donors (Lipinski definition) is 1. The van der Waals surface area contributed by atoms with Gasteiger partial charge in [0.1, 0.15) is 5.75 Å². The molecule has 0 unspecified atom stereocenters. The van der Waals surface area contributed by atoms with Gasteiger partial charge in [0.05, 0.1) is 19.8 Å². The van der Waals surface area contributed by atoms with E-state index in [-0.39, 0.29) is 5.91 Å². The first-order chi connectivity index (χ1) is 12.7. The molecule has 0 atom stereocenters. The average Bonchev–Trinajstić information content (AvgIpc) is 2.90. The number of benzene rings is 2. The fraction of sp³-hybridized carbons (Fsp3) is 0.381. The first-order valence-electron chi connectivity index (χ1n) is 9.16. The third-order valence-corrected chi connectivity index (χ3v) is 4.04. The number of carbonyl (C=O) groups excluding carboxylic acids is 1. The van der Waals surface area contributed by atoms with Crippen LogP contribution >= 0.6 is 0 Å². The SMILES string of the molecule is CCCOc1cccc(NC(=O)CCc2ccc3c(c2)OCCCO3)c1. The van der Waals surface area contributed by atoms with Gasteiger partial charge in [0.25, 0.3) is 0 Å². The lowest BCUT2D eigenvalue weighted by atomic mass is 10.1. The molecule has 0 bridgehead atoms. The number of nitrogens with one attached hydrogen (secondary N) is 1. The van der Waals surface area contributed by atoms with E-state index >= 15 is 0 Å². The van der Waals surface area contributed by atoms with Gasteiger partial charge in [-0.1, -0.05) is 19.1 Å². The number of ether oxygens (including phenoxy) is 3. The molecule has 0 aliphatic carbocycles. The zero-order valence-electron chi connectivity index (χ0n) is 15.1. The molecule has 1 amide bonds. The summed E-state index contributed by atoms with van der Waals surface area (Å²) in [7, 11) is 0. The molecule has 1 aliphatic rings. The molecular formula is C21H25NO4. The highest BCUT2D eigenvalue weighted by molar-refractivity contribution is 5.91. The number of rotatable bonds is 7. The largest absolute Gasteiger partial charge is 0.494 e. The van der Waals surface area contributed by atoms with Gasteiger partial charge in [-0.05, 0) is 42.7 Å². The minimum absolute atomic E-state index is 0.0234. The normalized spacial score (nSPS) is 13.0. The van der Waals surface area contributed by atoms with Crippen LogP contribution in [0.3, 0.4) is 0 Å². The molecule has 2 aromatic rings. The maximum absolute atomic E-state index is 12.2. The number of hydrogen-bond acceptors (Lipinski definition) is 4. The van der Waals surface area contributed by atoms with Crippen LogP contribution in [0.25, 0.3) is 0 Å². The molecule has 3 rings (SSSR count). The van der Waals surface area contributed by atoms with Gasteiger partial charge in [0.15, 0.2) is 11.5 Å². The number of anilines is 1. The maximum Gasteiger partial charge on any atom is 0.224 e. The molecule has 0 saturated heterocycles. The first kappa shape index (κ1) is 18.1. The lowest BCUT2D eigenvalue weighted by molar-refractivity contribution is -0.116. The minimum atomic E-state index is -0.0234. The second-order valence-electron chi connectivity index (χ2n) is 6.26. The van der Waals surface area contributed by atoms with Crippen LogP contribution in [-0.4, -0.2) is 25.7 Å². The Kier molecular flexibility index (Phi) is 6.36. The van der Waals surface area contributed by atoms with E-state index in [9.17, 15) is 4.79 Å². The van der Waals surface area contributed by atoms with Gasteiger partial charge in [-0.3, -0.25) is 4.79 Å². The highest BCUT2D eigenvalue weighted by Gasteiger charge is 2.11. The van der Waals surface area contributed by atoms with Crippen molar-refractivity contribution >= 4 is 11.6 Å². The summed E-state index contributed by atoms with van der Waals surface area (Å²) in [6, 6.07) is 13.4. The number of amides is 1. The van der Waals surface area contributed by atoms with E-state index in [1.807, 2.05) is 42.5 Å². The smallest absolute Gasteiger partial charge is 0.224 e. The molecule has 0 radical (unpaired) electrons. The van der Waals surface area contributed by atoms with Crippen LogP contribution in [0.2, 0.25) is 0 Å². The molecule has 0 aromatic heterocycles. The fourth-order valence-corrected chi connectivity index (χ4v) is 2.73. The lowest BCUT2D eigenvalue weighted by Gasteiger charge is -2.10. The summed E-state index contributed by atoms with van der Waals surface area (Å²) < 4.78 is 16.9. The molecule has 0 fully saturated rings. The van der Waals surface area contributed by atoms with Crippen molar-refractivity contribution in [2.24, 2.45) is 0 Å². The lowest BCUT2D eigenvalue weighted by Crippen LogP contribution is -2.12. The van der Waals surface area contributed by atoms with Gasteiger partial charge in [-0.25, -0.2) is 0 Å². The second-order valence-corrected chi connectivity index (χ2v) is 6.26. The van der Waals surface area contributed by atoms with E-state index in [1.165, 1.54) is 0 Å². The predicted octanol–water partition coefficient (Wildman–Crippen LogP) is 4.21. The van der Waals surface area contributed by atoms with Crippen LogP contribution in [0.4, 0.5) is 5.69 Å². The molecule has 1 aliphatic heterocycles. The molecule has 1 N–H and O–H groups in total. The zero-order valence-corrected chi connectivity index (χ0v) is 15.1. The Bertz CT molecular complexity index is 745. The van der Waals surface area contributed by atoms with Gasteiger partial charge < -0.3 is 19.5 Å². The molecule has 0 spiro atoms. The fourth-order valence-electron chi connectivity index (χ4n) is 2.73. The van der Waals surface area contributed by atoms with Crippen molar-refractivity contribution < 1.29 is 19.0 Å². The Labute approximate surface area is 154 Å². The molecule has 5 nitrogen and oxygen atoms in total. The summed E-state index contributed by atoms with van der Waals surface area (Å²) in [5.74, 6) is 2.29. The highest BCUT2D eigenvalue weighted by Crippen LogP contribution is 2.30. The van der Waals surface area contributed by atoms with Crippen LogP contribution < -0.4 is 19.5 Å². The zero-order chi connectivity index (χ0) is 18.2. The van der Waals surface area contributed by atoms with Gasteiger partial charge >= 0.3 is 0 Å². The van der Waals surface area contributed by atoms with Gasteiger partial charge in [0, 0.05) is 24.6 Å². The van der Waals surface area contributed by atoms with Gasteiger partial charge in [0.2, 0.25) is 5.91 Å². The molecule has 2 aromatic carbocycles. The Morgan fingerprint density at radius 3 is 2.81 bits per heavy atom. The molecule has 138 valence electrons. The number of aryl methyl sites for hydroxylation is 1. The quantitative estimate of drug-likeness (QED) is 0.808.